The summed E-state index contributed by atoms with van der Waals surface area (Å²) in [5.41, 5.74) is 2.21. The molecule has 0 radical (unpaired) electrons. The number of hydrogen-bond acceptors (Lipinski definition) is 6. The molecule has 31 heavy (non-hydrogen) atoms. The predicted octanol–water partition coefficient (Wildman–Crippen LogP) is 4.14. The Balaban J connectivity index is 1.30. The monoisotopic (exact) mass is 426 g/mol. The highest BCUT2D eigenvalue weighted by Gasteiger charge is 2.22. The van der Waals surface area contributed by atoms with Gasteiger partial charge in [0.15, 0.2) is 0 Å². The Morgan fingerprint density at radius 3 is 2.03 bits per heavy atom. The number of epoxide rings is 1. The van der Waals surface area contributed by atoms with Gasteiger partial charge in [-0.3, -0.25) is 0 Å². The largest absolute Gasteiger partial charge is 0.507 e. The zero-order valence-electron chi connectivity index (χ0n) is 18.2. The third kappa shape index (κ3) is 5.66. The summed E-state index contributed by atoms with van der Waals surface area (Å²) in [5.74, 6) is 1.08. The van der Waals surface area contributed by atoms with Gasteiger partial charge in [0, 0.05) is 21.5 Å². The summed E-state index contributed by atoms with van der Waals surface area (Å²) in [5, 5.41) is 14.2. The zero-order valence-corrected chi connectivity index (χ0v) is 18.2. The van der Waals surface area contributed by atoms with Gasteiger partial charge in [0.05, 0.1) is 46.2 Å². The van der Waals surface area contributed by atoms with Crippen LogP contribution in [0.2, 0.25) is 0 Å². The smallest absolute Gasteiger partial charge is 0.135 e. The molecule has 0 bridgehead atoms. The normalized spacial score (nSPS) is 15.6. The highest BCUT2D eigenvalue weighted by atomic mass is 16.6. The number of benzene rings is 3. The maximum absolute atomic E-state index is 10.8. The summed E-state index contributed by atoms with van der Waals surface area (Å²) in [6.45, 7) is 8.54. The van der Waals surface area contributed by atoms with Gasteiger partial charge in [0.25, 0.3) is 0 Å². The van der Waals surface area contributed by atoms with Gasteiger partial charge < -0.3 is 28.8 Å². The summed E-state index contributed by atoms with van der Waals surface area (Å²) < 4.78 is 27.8. The quantitative estimate of drug-likeness (QED) is 0.267. The maximum Gasteiger partial charge on any atom is 0.135 e. The SMILES string of the molecule is Cc1ccc2c(OCCOCCOCCOCC3CO3)c3cc(C)ccc3c(O)c2c1. The topological polar surface area (TPSA) is 69.7 Å². The van der Waals surface area contributed by atoms with Crippen molar-refractivity contribution in [1.82, 2.24) is 0 Å². The lowest BCUT2D eigenvalue weighted by atomic mass is 9.98. The molecule has 0 aliphatic carbocycles. The van der Waals surface area contributed by atoms with Crippen LogP contribution in [-0.2, 0) is 18.9 Å². The molecule has 166 valence electrons. The molecule has 3 aromatic rings. The van der Waals surface area contributed by atoms with Gasteiger partial charge in [-0.1, -0.05) is 35.4 Å². The molecule has 6 nitrogen and oxygen atoms in total. The minimum absolute atomic E-state index is 0.291. The Morgan fingerprint density at radius 2 is 1.35 bits per heavy atom. The number of phenolic OH excluding ortho intramolecular Hbond substituents is 1. The standard InChI is InChI=1S/C25H30O6/c1-17-4-6-21-22(13-17)24(26)20-5-3-18(2)14-23(20)25(21)30-12-11-28-8-7-27-9-10-29-15-19-16-31-19/h3-6,13-14,19,26H,7-12,15-16H2,1-2H3. The van der Waals surface area contributed by atoms with Gasteiger partial charge in [0.1, 0.15) is 24.2 Å². The van der Waals surface area contributed by atoms with Crippen LogP contribution in [-0.4, -0.2) is 64.1 Å². The van der Waals surface area contributed by atoms with Gasteiger partial charge >= 0.3 is 0 Å². The fraction of sp³-hybridized carbons (Fsp3) is 0.440. The molecule has 0 saturated carbocycles. The van der Waals surface area contributed by atoms with E-state index in [-0.39, 0.29) is 0 Å². The number of phenols is 1. The van der Waals surface area contributed by atoms with E-state index in [2.05, 4.69) is 6.07 Å². The number of aryl methyl sites for hydroxylation is 2. The molecule has 1 unspecified atom stereocenters. The lowest BCUT2D eigenvalue weighted by Gasteiger charge is -2.16. The second kappa shape index (κ2) is 10.3. The van der Waals surface area contributed by atoms with Gasteiger partial charge in [0.2, 0.25) is 0 Å². The molecule has 1 saturated heterocycles. The highest BCUT2D eigenvalue weighted by molar-refractivity contribution is 6.11. The summed E-state index contributed by atoms with van der Waals surface area (Å²) in [4.78, 5) is 0. The summed E-state index contributed by atoms with van der Waals surface area (Å²) in [6, 6.07) is 12.0. The molecule has 1 fully saturated rings. The van der Waals surface area contributed by atoms with E-state index in [1.165, 1.54) is 0 Å². The Morgan fingerprint density at radius 1 is 0.774 bits per heavy atom. The first kappa shape index (κ1) is 21.8. The summed E-state index contributed by atoms with van der Waals surface area (Å²) in [6.07, 6.45) is 0.291. The number of ether oxygens (including phenoxy) is 5. The van der Waals surface area contributed by atoms with Crippen molar-refractivity contribution in [1.29, 1.82) is 0 Å². The van der Waals surface area contributed by atoms with Crippen molar-refractivity contribution in [2.24, 2.45) is 0 Å². The Kier molecular flexibility index (Phi) is 7.25. The van der Waals surface area contributed by atoms with Crippen LogP contribution < -0.4 is 4.74 Å². The third-order valence-corrected chi connectivity index (χ3v) is 5.27. The Bertz CT molecular complexity index is 1030. The first-order valence-corrected chi connectivity index (χ1v) is 10.8. The molecule has 0 aromatic heterocycles. The van der Waals surface area contributed by atoms with E-state index in [9.17, 15) is 5.11 Å². The first-order valence-electron chi connectivity index (χ1n) is 10.8. The van der Waals surface area contributed by atoms with E-state index < -0.39 is 0 Å². The van der Waals surface area contributed by atoms with E-state index in [0.717, 1.165) is 45.0 Å². The van der Waals surface area contributed by atoms with Crippen molar-refractivity contribution in [2.45, 2.75) is 20.0 Å². The second-order valence-corrected chi connectivity index (χ2v) is 7.88. The third-order valence-electron chi connectivity index (χ3n) is 5.27. The van der Waals surface area contributed by atoms with Crippen molar-refractivity contribution >= 4 is 21.5 Å². The summed E-state index contributed by atoms with van der Waals surface area (Å²) >= 11 is 0. The molecule has 0 spiro atoms. The molecule has 1 atom stereocenters. The average Bonchev–Trinajstić information content (AvgIpc) is 3.58. The van der Waals surface area contributed by atoms with Gasteiger partial charge in [-0.15, -0.1) is 0 Å². The van der Waals surface area contributed by atoms with Crippen molar-refractivity contribution in [3.05, 3.63) is 47.5 Å². The van der Waals surface area contributed by atoms with E-state index in [4.69, 9.17) is 23.7 Å². The number of hydrogen-bond donors (Lipinski definition) is 1. The van der Waals surface area contributed by atoms with Crippen LogP contribution in [0.1, 0.15) is 11.1 Å². The van der Waals surface area contributed by atoms with Crippen LogP contribution in [0.4, 0.5) is 0 Å². The van der Waals surface area contributed by atoms with Crippen LogP contribution >= 0.6 is 0 Å². The predicted molar refractivity (Wildman–Crippen MR) is 120 cm³/mol. The lowest BCUT2D eigenvalue weighted by molar-refractivity contribution is 0.00722. The molecule has 1 heterocycles. The summed E-state index contributed by atoms with van der Waals surface area (Å²) in [7, 11) is 0. The lowest BCUT2D eigenvalue weighted by Crippen LogP contribution is -2.13. The molecule has 1 aliphatic rings. The molecule has 3 aromatic carbocycles. The van der Waals surface area contributed by atoms with Crippen molar-refractivity contribution in [2.75, 3.05) is 52.9 Å². The average molecular weight is 427 g/mol. The Hall–Kier alpha value is -2.38. The van der Waals surface area contributed by atoms with Gasteiger partial charge in [-0.25, -0.2) is 0 Å². The fourth-order valence-corrected chi connectivity index (χ4v) is 3.57. The van der Waals surface area contributed by atoms with Crippen LogP contribution in [0, 0.1) is 13.8 Å². The number of rotatable bonds is 12. The van der Waals surface area contributed by atoms with E-state index in [1.54, 1.807) is 0 Å². The van der Waals surface area contributed by atoms with Crippen LogP contribution in [0.25, 0.3) is 21.5 Å². The maximum atomic E-state index is 10.8. The number of fused-ring (bicyclic) bond motifs is 2. The van der Waals surface area contributed by atoms with Gasteiger partial charge in [-0.05, 0) is 26.0 Å². The minimum atomic E-state index is 0.291. The minimum Gasteiger partial charge on any atom is -0.507 e. The van der Waals surface area contributed by atoms with Crippen LogP contribution in [0.3, 0.4) is 0 Å². The van der Waals surface area contributed by atoms with E-state index in [0.29, 0.717) is 58.1 Å². The molecule has 4 rings (SSSR count). The van der Waals surface area contributed by atoms with Gasteiger partial charge in [-0.2, -0.15) is 0 Å². The van der Waals surface area contributed by atoms with Crippen molar-refractivity contribution < 1.29 is 28.8 Å². The molecule has 6 heteroatoms. The van der Waals surface area contributed by atoms with E-state index >= 15 is 0 Å². The van der Waals surface area contributed by atoms with Crippen molar-refractivity contribution in [3.8, 4) is 11.5 Å². The van der Waals surface area contributed by atoms with Crippen molar-refractivity contribution in [3.63, 3.8) is 0 Å². The molecule has 1 aliphatic heterocycles. The first-order chi connectivity index (χ1) is 15.1. The highest BCUT2D eigenvalue weighted by Crippen LogP contribution is 2.42. The molecule has 1 N–H and O–H groups in total. The fourth-order valence-electron chi connectivity index (χ4n) is 3.57. The second-order valence-electron chi connectivity index (χ2n) is 7.88. The molecular formula is C25H30O6. The number of aromatic hydroxyl groups is 1. The zero-order chi connectivity index (χ0) is 21.6. The van der Waals surface area contributed by atoms with E-state index in [1.807, 2.05) is 44.2 Å². The van der Waals surface area contributed by atoms with Crippen LogP contribution in [0.5, 0.6) is 11.5 Å². The Labute approximate surface area is 182 Å². The molecular weight excluding hydrogens is 396 g/mol. The van der Waals surface area contributed by atoms with Crippen LogP contribution in [0.15, 0.2) is 36.4 Å². The molecule has 0 amide bonds.